The lowest BCUT2D eigenvalue weighted by Crippen LogP contribution is -2.59. The molecule has 0 bridgehead atoms. The molecule has 1 heterocycles. The molecular formula is C35H47N5O10. The number of carbonyl (C=O) groups excluding carboxylic acids is 4. The number of nitrogens with zero attached hydrogens (tertiary/aromatic N) is 1. The van der Waals surface area contributed by atoms with Gasteiger partial charge in [0.25, 0.3) is 5.97 Å². The van der Waals surface area contributed by atoms with Gasteiger partial charge in [-0.3, -0.25) is 28.8 Å². The summed E-state index contributed by atoms with van der Waals surface area (Å²) in [5.74, 6) is -6.10. The highest BCUT2D eigenvalue weighted by Gasteiger charge is 2.38. The number of aliphatic carboxylic acids is 3. The normalized spacial score (nSPS) is 16.1. The van der Waals surface area contributed by atoms with E-state index in [-0.39, 0.29) is 24.7 Å². The van der Waals surface area contributed by atoms with Crippen molar-refractivity contribution in [2.75, 3.05) is 6.54 Å². The lowest BCUT2D eigenvalue weighted by Gasteiger charge is -2.29. The number of carboxylic acid groups (broad SMARTS) is 3. The van der Waals surface area contributed by atoms with Crippen molar-refractivity contribution in [2.24, 2.45) is 11.7 Å². The summed E-state index contributed by atoms with van der Waals surface area (Å²) in [6.45, 7) is 5.35. The van der Waals surface area contributed by atoms with Crippen LogP contribution in [-0.2, 0) is 46.4 Å². The number of hydrogen-bond acceptors (Lipinski definition) is 8. The fraction of sp³-hybridized carbons (Fsp3) is 0.457. The molecule has 1 fully saturated rings. The molecular weight excluding hydrogens is 650 g/mol. The van der Waals surface area contributed by atoms with Crippen LogP contribution in [0.2, 0.25) is 0 Å². The minimum atomic E-state index is -1.73. The molecule has 1 saturated heterocycles. The minimum Gasteiger partial charge on any atom is -0.481 e. The van der Waals surface area contributed by atoms with Crippen LogP contribution in [0, 0.1) is 5.92 Å². The predicted octanol–water partition coefficient (Wildman–Crippen LogP) is 0.941. The molecule has 5 unspecified atom stereocenters. The summed E-state index contributed by atoms with van der Waals surface area (Å²) >= 11 is 0. The number of nitrogens with two attached hydrogens (primary N) is 1. The highest BCUT2D eigenvalue weighted by molar-refractivity contribution is 5.96. The first-order valence-electron chi connectivity index (χ1n) is 16.3. The molecule has 50 heavy (non-hydrogen) atoms. The van der Waals surface area contributed by atoms with E-state index in [1.165, 1.54) is 4.90 Å². The monoisotopic (exact) mass is 697 g/mol. The molecule has 1 aliphatic rings. The number of amides is 4. The first-order chi connectivity index (χ1) is 23.6. The van der Waals surface area contributed by atoms with Crippen LogP contribution in [0.3, 0.4) is 0 Å². The molecule has 4 amide bonds. The van der Waals surface area contributed by atoms with Gasteiger partial charge >= 0.3 is 11.9 Å². The van der Waals surface area contributed by atoms with Gasteiger partial charge in [-0.25, -0.2) is 4.79 Å². The molecule has 0 aliphatic carbocycles. The fourth-order valence-corrected chi connectivity index (χ4v) is 5.43. The molecule has 15 heteroatoms. The topological polar surface area (TPSA) is 246 Å². The van der Waals surface area contributed by atoms with Gasteiger partial charge in [-0.05, 0) is 36.3 Å². The number of nitrogens with one attached hydrogen (secondary N) is 3. The summed E-state index contributed by atoms with van der Waals surface area (Å²) in [5, 5.41) is 33.6. The Morgan fingerprint density at radius 2 is 1.24 bits per heavy atom. The zero-order valence-electron chi connectivity index (χ0n) is 28.4. The van der Waals surface area contributed by atoms with Gasteiger partial charge in [0, 0.05) is 26.3 Å². The van der Waals surface area contributed by atoms with Crippen molar-refractivity contribution < 1.29 is 48.9 Å². The Morgan fingerprint density at radius 1 is 0.780 bits per heavy atom. The predicted molar refractivity (Wildman–Crippen MR) is 181 cm³/mol. The molecule has 0 saturated carbocycles. The summed E-state index contributed by atoms with van der Waals surface area (Å²) in [5.41, 5.74) is 7.51. The van der Waals surface area contributed by atoms with E-state index in [1.54, 1.807) is 60.7 Å². The number of likely N-dealkylation sites (tertiary alicyclic amines) is 1. The molecule has 8 N–H and O–H groups in total. The molecule has 2 aromatic rings. The van der Waals surface area contributed by atoms with E-state index >= 15 is 0 Å². The Balaban J connectivity index is 0.00000205. The van der Waals surface area contributed by atoms with Gasteiger partial charge in [0.2, 0.25) is 23.6 Å². The highest BCUT2D eigenvalue weighted by atomic mass is 16.4. The van der Waals surface area contributed by atoms with Crippen molar-refractivity contribution in [3.63, 3.8) is 0 Å². The van der Waals surface area contributed by atoms with Crippen molar-refractivity contribution >= 4 is 41.5 Å². The van der Waals surface area contributed by atoms with Crippen molar-refractivity contribution in [3.05, 3.63) is 71.8 Å². The zero-order chi connectivity index (χ0) is 37.4. The summed E-state index contributed by atoms with van der Waals surface area (Å²) in [6, 6.07) is 11.8. The van der Waals surface area contributed by atoms with Crippen molar-refractivity contribution in [1.29, 1.82) is 0 Å². The van der Waals surface area contributed by atoms with Gasteiger partial charge in [0.15, 0.2) is 0 Å². The standard InChI is InChI=1S/C33H43N5O8.C2H4O2/c1-20(2)16-23(34)32(44)38-15-9-14-27(38)31(43)36-25(18-22-12-7-4-8-13-22)29(41)35-24(17-21-10-5-3-6-11-21)30(42)37-26(33(45)46)19-28(39)40;1-2(3)4/h3-8,10-13,20,23-27H,9,14-19,34H2,1-2H3,(H,35,41)(H,36,43)(H,37,42)(H,39,40)(H,45,46);1H3,(H,3,4). The molecule has 0 radical (unpaired) electrons. The number of hydrogen-bond donors (Lipinski definition) is 7. The second-order valence-corrected chi connectivity index (χ2v) is 12.4. The van der Waals surface area contributed by atoms with Crippen molar-refractivity contribution in [1.82, 2.24) is 20.9 Å². The SMILES string of the molecule is CC(=O)O.CC(C)CC(N)C(=O)N1CCCC1C(=O)NC(Cc1ccccc1)C(=O)NC(Cc1ccccc1)C(=O)NC(CC(=O)O)C(=O)O. The second-order valence-electron chi connectivity index (χ2n) is 12.4. The lowest BCUT2D eigenvalue weighted by molar-refractivity contribution is -0.147. The maximum atomic E-state index is 13.8. The molecule has 3 rings (SSSR count). The van der Waals surface area contributed by atoms with Gasteiger partial charge in [0.05, 0.1) is 12.5 Å². The fourth-order valence-electron chi connectivity index (χ4n) is 5.43. The molecule has 272 valence electrons. The van der Waals surface area contributed by atoms with E-state index in [2.05, 4.69) is 16.0 Å². The third-order valence-corrected chi connectivity index (χ3v) is 7.71. The van der Waals surface area contributed by atoms with Crippen LogP contribution >= 0.6 is 0 Å². The van der Waals surface area contributed by atoms with E-state index in [9.17, 15) is 33.9 Å². The number of carbonyl (C=O) groups is 7. The Kier molecular flexibility index (Phi) is 16.6. The van der Waals surface area contributed by atoms with Crippen LogP contribution in [0.4, 0.5) is 0 Å². The van der Waals surface area contributed by atoms with Crippen LogP contribution in [0.15, 0.2) is 60.7 Å². The van der Waals surface area contributed by atoms with Crippen LogP contribution in [0.5, 0.6) is 0 Å². The summed E-state index contributed by atoms with van der Waals surface area (Å²) in [6.07, 6.45) is 0.601. The van der Waals surface area contributed by atoms with Gasteiger partial charge in [-0.2, -0.15) is 0 Å². The largest absolute Gasteiger partial charge is 0.481 e. The Bertz CT molecular complexity index is 1470. The van der Waals surface area contributed by atoms with E-state index in [1.807, 2.05) is 13.8 Å². The zero-order valence-corrected chi connectivity index (χ0v) is 28.4. The average Bonchev–Trinajstić information content (AvgIpc) is 3.54. The van der Waals surface area contributed by atoms with E-state index in [0.717, 1.165) is 12.5 Å². The van der Waals surface area contributed by atoms with Gasteiger partial charge in [-0.1, -0.05) is 74.5 Å². The summed E-state index contributed by atoms with van der Waals surface area (Å²) in [7, 11) is 0. The van der Waals surface area contributed by atoms with Crippen LogP contribution in [-0.4, -0.2) is 98.5 Å². The van der Waals surface area contributed by atoms with Gasteiger partial charge in [0.1, 0.15) is 24.2 Å². The van der Waals surface area contributed by atoms with Crippen LogP contribution in [0.25, 0.3) is 0 Å². The minimum absolute atomic E-state index is 0.0392. The van der Waals surface area contributed by atoms with E-state index in [4.69, 9.17) is 20.7 Å². The summed E-state index contributed by atoms with van der Waals surface area (Å²) in [4.78, 5) is 87.2. The first kappa shape index (κ1) is 40.9. The maximum Gasteiger partial charge on any atom is 0.326 e. The molecule has 5 atom stereocenters. The van der Waals surface area contributed by atoms with Crippen LogP contribution in [0.1, 0.15) is 57.6 Å². The van der Waals surface area contributed by atoms with E-state index in [0.29, 0.717) is 31.4 Å². The smallest absolute Gasteiger partial charge is 0.326 e. The maximum absolute atomic E-state index is 13.8. The van der Waals surface area contributed by atoms with Crippen LogP contribution < -0.4 is 21.7 Å². The van der Waals surface area contributed by atoms with Gasteiger partial charge in [-0.15, -0.1) is 0 Å². The molecule has 0 spiro atoms. The van der Waals surface area contributed by atoms with Crippen molar-refractivity contribution in [3.8, 4) is 0 Å². The Morgan fingerprint density at radius 3 is 1.68 bits per heavy atom. The highest BCUT2D eigenvalue weighted by Crippen LogP contribution is 2.20. The lowest BCUT2D eigenvalue weighted by atomic mass is 10.0. The Hall–Kier alpha value is -5.31. The summed E-state index contributed by atoms with van der Waals surface area (Å²) < 4.78 is 0. The molecule has 2 aromatic carbocycles. The second kappa shape index (κ2) is 20.3. The Labute approximate surface area is 290 Å². The van der Waals surface area contributed by atoms with Crippen molar-refractivity contribution in [2.45, 2.75) is 89.5 Å². The molecule has 15 nitrogen and oxygen atoms in total. The molecule has 0 aromatic heterocycles. The third-order valence-electron chi connectivity index (χ3n) is 7.71. The number of rotatable bonds is 16. The first-order valence-corrected chi connectivity index (χ1v) is 16.3. The number of benzene rings is 2. The quantitative estimate of drug-likeness (QED) is 0.130. The van der Waals surface area contributed by atoms with Gasteiger partial charge < -0.3 is 41.9 Å². The van der Waals surface area contributed by atoms with E-state index < -0.39 is 72.3 Å². The average molecular weight is 698 g/mol. The number of carboxylic acids is 3. The molecule has 1 aliphatic heterocycles. The third kappa shape index (κ3) is 14.0.